The van der Waals surface area contributed by atoms with E-state index in [-0.39, 0.29) is 17.0 Å². The lowest BCUT2D eigenvalue weighted by atomic mass is 9.90. The Kier molecular flexibility index (Phi) is 7.66. The van der Waals surface area contributed by atoms with Gasteiger partial charge in [0, 0.05) is 25.4 Å². The van der Waals surface area contributed by atoms with E-state index in [9.17, 15) is 8.78 Å². The summed E-state index contributed by atoms with van der Waals surface area (Å²) < 4.78 is 33.6. The monoisotopic (exact) mass is 490 g/mol. The van der Waals surface area contributed by atoms with Gasteiger partial charge in [-0.25, -0.2) is 0 Å². The van der Waals surface area contributed by atoms with Crippen LogP contribution in [0, 0.1) is 12.1 Å². The molecule has 1 fully saturated rings. The minimum Gasteiger partial charge on any atom is -0.435 e. The van der Waals surface area contributed by atoms with Crippen LogP contribution >= 0.6 is 22.7 Å². The fourth-order valence-electron chi connectivity index (χ4n) is 3.63. The average Bonchev–Trinajstić information content (AvgIpc) is 3.21. The number of hydrazone groups is 1. The Labute approximate surface area is 199 Å². The minimum absolute atomic E-state index is 0.00469. The maximum Gasteiger partial charge on any atom is 0.387 e. The summed E-state index contributed by atoms with van der Waals surface area (Å²) in [6.07, 6.45) is 3.75. The third kappa shape index (κ3) is 5.94. The molecule has 0 radical (unpaired) electrons. The van der Waals surface area contributed by atoms with Crippen LogP contribution in [0.3, 0.4) is 0 Å². The van der Waals surface area contributed by atoms with Crippen molar-refractivity contribution < 1.29 is 13.5 Å². The zero-order valence-corrected chi connectivity index (χ0v) is 19.6. The van der Waals surface area contributed by atoms with Gasteiger partial charge in [0.2, 0.25) is 0 Å². The molecule has 11 heteroatoms. The van der Waals surface area contributed by atoms with E-state index in [2.05, 4.69) is 36.7 Å². The number of ether oxygens (including phenoxy) is 1. The lowest BCUT2D eigenvalue weighted by Crippen LogP contribution is -2.38. The summed E-state index contributed by atoms with van der Waals surface area (Å²) in [5.41, 5.74) is 2.99. The number of benzene rings is 1. The van der Waals surface area contributed by atoms with Gasteiger partial charge in [-0.05, 0) is 55.1 Å². The highest BCUT2D eigenvalue weighted by Crippen LogP contribution is 2.31. The summed E-state index contributed by atoms with van der Waals surface area (Å²) in [6.45, 7) is 3.95. The SMILES string of the molecule is C=NN1CCCC(c2ccc(OC(F)F)cc2)C1=NCNC1S#C/C1=C\Nc1cc(C)ns1. The molecule has 4 rings (SSSR count). The van der Waals surface area contributed by atoms with Crippen LogP contribution in [0.4, 0.5) is 13.8 Å². The third-order valence-electron chi connectivity index (χ3n) is 5.21. The Morgan fingerprint density at radius 1 is 1.39 bits per heavy atom. The predicted octanol–water partition coefficient (Wildman–Crippen LogP) is 4.82. The molecule has 7 nitrogen and oxygen atoms in total. The summed E-state index contributed by atoms with van der Waals surface area (Å²) in [4.78, 5) is 4.79. The van der Waals surface area contributed by atoms with E-state index in [1.807, 2.05) is 24.2 Å². The largest absolute Gasteiger partial charge is 0.435 e. The molecule has 0 aliphatic carbocycles. The van der Waals surface area contributed by atoms with E-state index < -0.39 is 6.61 Å². The molecule has 1 saturated heterocycles. The molecule has 3 heterocycles. The first-order valence-electron chi connectivity index (χ1n) is 10.4. The molecule has 2 N–H and O–H groups in total. The Bertz CT molecular complexity index is 1110. The van der Waals surface area contributed by atoms with Gasteiger partial charge in [0.15, 0.2) is 0 Å². The molecule has 1 aromatic carbocycles. The molecule has 0 saturated carbocycles. The number of aromatic nitrogens is 1. The number of piperidine rings is 1. The molecule has 0 bridgehead atoms. The number of nitrogens with one attached hydrogen (secondary N) is 2. The van der Waals surface area contributed by atoms with Gasteiger partial charge in [0.25, 0.3) is 0 Å². The highest BCUT2D eigenvalue weighted by molar-refractivity contribution is 7.91. The summed E-state index contributed by atoms with van der Waals surface area (Å²) >= 11 is 2.99. The Balaban J connectivity index is 1.40. The maximum absolute atomic E-state index is 12.4. The van der Waals surface area contributed by atoms with Crippen LogP contribution in [0.2, 0.25) is 0 Å². The Morgan fingerprint density at radius 3 is 2.85 bits per heavy atom. The fourth-order valence-corrected chi connectivity index (χ4v) is 4.92. The normalized spacial score (nSPS) is 22.4. The number of hydrogen-bond donors (Lipinski definition) is 2. The molecule has 174 valence electrons. The lowest BCUT2D eigenvalue weighted by molar-refractivity contribution is -0.0498. The van der Waals surface area contributed by atoms with Crippen molar-refractivity contribution >= 4 is 40.3 Å². The Morgan fingerprint density at radius 2 is 2.21 bits per heavy atom. The number of amidine groups is 1. The highest BCUT2D eigenvalue weighted by atomic mass is 32.1. The van der Waals surface area contributed by atoms with Gasteiger partial charge < -0.3 is 10.1 Å². The number of hydrogen-bond acceptors (Lipinski definition) is 7. The Hall–Kier alpha value is -2.85. The maximum atomic E-state index is 12.4. The van der Waals surface area contributed by atoms with Gasteiger partial charge in [-0.1, -0.05) is 17.3 Å². The number of alkyl halides is 2. The number of halogens is 2. The standard InChI is InChI=1S/C22H24F2N6OS2/c1-14-10-19(33-29-14)26-11-16-12-32-21(16)28-13-27-20-18(4-3-9-30(20)25-2)15-5-7-17(8-6-15)31-22(23)24/h5-8,10-11,18,21-22,26,28H,2-4,9,13H2,1H3/b16-11+,27-20?. The van der Waals surface area contributed by atoms with Gasteiger partial charge >= 0.3 is 6.61 Å². The summed E-state index contributed by atoms with van der Waals surface area (Å²) in [5.74, 6) is 0.955. The van der Waals surface area contributed by atoms with Crippen molar-refractivity contribution in [3.8, 4) is 10.9 Å². The molecular weight excluding hydrogens is 466 g/mol. The second-order valence-electron chi connectivity index (χ2n) is 7.46. The van der Waals surface area contributed by atoms with Crippen molar-refractivity contribution in [3.63, 3.8) is 0 Å². The van der Waals surface area contributed by atoms with Gasteiger partial charge in [0.1, 0.15) is 22.0 Å². The smallest absolute Gasteiger partial charge is 0.387 e. The first-order valence-corrected chi connectivity index (χ1v) is 12.1. The molecule has 2 aliphatic rings. The molecule has 2 aromatic rings. The van der Waals surface area contributed by atoms with Crippen molar-refractivity contribution in [3.05, 3.63) is 53.4 Å². The second-order valence-corrected chi connectivity index (χ2v) is 9.18. The van der Waals surface area contributed by atoms with Gasteiger partial charge in [-0.15, -0.1) is 11.2 Å². The van der Waals surface area contributed by atoms with E-state index >= 15 is 0 Å². The summed E-state index contributed by atoms with van der Waals surface area (Å²) in [5, 5.41) is 16.9. The first-order chi connectivity index (χ1) is 16.0. The van der Waals surface area contributed by atoms with Crippen LogP contribution in [-0.4, -0.2) is 47.1 Å². The number of rotatable bonds is 9. The molecule has 1 aromatic heterocycles. The third-order valence-corrected chi connectivity index (χ3v) is 7.03. The summed E-state index contributed by atoms with van der Waals surface area (Å²) in [6, 6.07) is 8.72. The molecule has 2 unspecified atom stereocenters. The molecular formula is C22H24F2N6OS2. The minimum atomic E-state index is -2.84. The van der Waals surface area contributed by atoms with E-state index in [0.717, 1.165) is 47.1 Å². The number of aliphatic imine (C=N–C) groups is 1. The van der Waals surface area contributed by atoms with Crippen LogP contribution in [0.1, 0.15) is 30.0 Å². The van der Waals surface area contributed by atoms with Crippen molar-refractivity contribution in [1.82, 2.24) is 14.7 Å². The van der Waals surface area contributed by atoms with Crippen LogP contribution < -0.4 is 15.4 Å². The summed E-state index contributed by atoms with van der Waals surface area (Å²) in [7, 11) is 0. The first kappa shape index (κ1) is 23.3. The van der Waals surface area contributed by atoms with Crippen LogP contribution in [-0.2, 0) is 0 Å². The zero-order chi connectivity index (χ0) is 23.2. The lowest BCUT2D eigenvalue weighted by Gasteiger charge is -2.32. The van der Waals surface area contributed by atoms with Crippen molar-refractivity contribution in [1.29, 1.82) is 0 Å². The van der Waals surface area contributed by atoms with E-state index in [1.165, 1.54) is 11.5 Å². The van der Waals surface area contributed by atoms with Crippen LogP contribution in [0.25, 0.3) is 0 Å². The molecule has 2 atom stereocenters. The van der Waals surface area contributed by atoms with E-state index in [4.69, 9.17) is 4.99 Å². The number of nitrogens with zero attached hydrogens (tertiary/aromatic N) is 4. The van der Waals surface area contributed by atoms with Crippen molar-refractivity contribution in [2.75, 3.05) is 18.5 Å². The number of aryl methyl sites for hydroxylation is 1. The molecule has 0 amide bonds. The van der Waals surface area contributed by atoms with Crippen LogP contribution in [0.15, 0.2) is 52.2 Å². The average molecular weight is 491 g/mol. The zero-order valence-electron chi connectivity index (χ0n) is 18.0. The molecule has 33 heavy (non-hydrogen) atoms. The van der Waals surface area contributed by atoms with Gasteiger partial charge in [0.05, 0.1) is 17.9 Å². The fraction of sp³-hybridized carbons (Fsp3) is 0.364. The second kappa shape index (κ2) is 10.8. The quantitative estimate of drug-likeness (QED) is 0.493. The van der Waals surface area contributed by atoms with E-state index in [0.29, 0.717) is 6.67 Å². The van der Waals surface area contributed by atoms with Crippen molar-refractivity contribution in [2.24, 2.45) is 10.1 Å². The highest BCUT2D eigenvalue weighted by Gasteiger charge is 2.28. The van der Waals surface area contributed by atoms with Crippen LogP contribution in [0.5, 0.6) is 5.75 Å². The van der Waals surface area contributed by atoms with Crippen molar-refractivity contribution in [2.45, 2.75) is 37.7 Å². The molecule has 2 aliphatic heterocycles. The van der Waals surface area contributed by atoms with Gasteiger partial charge in [-0.3, -0.25) is 15.3 Å². The predicted molar refractivity (Wildman–Crippen MR) is 131 cm³/mol. The molecule has 0 spiro atoms. The topological polar surface area (TPSA) is 74.1 Å². The van der Waals surface area contributed by atoms with Gasteiger partial charge in [-0.2, -0.15) is 18.3 Å². The van der Waals surface area contributed by atoms with E-state index in [1.54, 1.807) is 35.4 Å². The number of anilines is 1.